The second-order valence-electron chi connectivity index (χ2n) is 5.39. The summed E-state index contributed by atoms with van der Waals surface area (Å²) < 4.78 is 18.3. The SMILES string of the molecule is CC1CN(CCCOc2ccc(F)cc2)CCC1N. The molecule has 106 valence electrons. The van der Waals surface area contributed by atoms with Gasteiger partial charge in [-0.2, -0.15) is 0 Å². The van der Waals surface area contributed by atoms with Gasteiger partial charge in [0, 0.05) is 19.1 Å². The molecular weight excluding hydrogens is 243 g/mol. The first kappa shape index (κ1) is 14.3. The van der Waals surface area contributed by atoms with Crippen LogP contribution in [0.2, 0.25) is 0 Å². The molecule has 0 bridgehead atoms. The molecule has 0 spiro atoms. The van der Waals surface area contributed by atoms with E-state index in [-0.39, 0.29) is 5.82 Å². The first-order valence-electron chi connectivity index (χ1n) is 7.01. The van der Waals surface area contributed by atoms with Crippen LogP contribution in [0.3, 0.4) is 0 Å². The molecule has 1 aromatic rings. The van der Waals surface area contributed by atoms with Crippen molar-refractivity contribution >= 4 is 0 Å². The fourth-order valence-corrected chi connectivity index (χ4v) is 2.46. The largest absolute Gasteiger partial charge is 0.494 e. The van der Waals surface area contributed by atoms with E-state index in [1.165, 1.54) is 12.1 Å². The van der Waals surface area contributed by atoms with Crippen LogP contribution >= 0.6 is 0 Å². The van der Waals surface area contributed by atoms with Crippen LogP contribution < -0.4 is 10.5 Å². The van der Waals surface area contributed by atoms with Crippen molar-refractivity contribution in [3.8, 4) is 5.75 Å². The molecule has 0 radical (unpaired) electrons. The molecule has 1 aromatic carbocycles. The van der Waals surface area contributed by atoms with Gasteiger partial charge >= 0.3 is 0 Å². The molecule has 2 rings (SSSR count). The fraction of sp³-hybridized carbons (Fsp3) is 0.600. The molecule has 0 saturated carbocycles. The smallest absolute Gasteiger partial charge is 0.123 e. The maximum absolute atomic E-state index is 12.7. The number of rotatable bonds is 5. The number of nitrogens with zero attached hydrogens (tertiary/aromatic N) is 1. The van der Waals surface area contributed by atoms with Crippen LogP contribution in [0.4, 0.5) is 4.39 Å². The minimum Gasteiger partial charge on any atom is -0.494 e. The first-order valence-corrected chi connectivity index (χ1v) is 7.01. The van der Waals surface area contributed by atoms with Gasteiger partial charge in [0.15, 0.2) is 0 Å². The minimum absolute atomic E-state index is 0.231. The molecule has 19 heavy (non-hydrogen) atoms. The van der Waals surface area contributed by atoms with Crippen molar-refractivity contribution in [2.45, 2.75) is 25.8 Å². The van der Waals surface area contributed by atoms with Crippen molar-refractivity contribution < 1.29 is 9.13 Å². The average molecular weight is 266 g/mol. The monoisotopic (exact) mass is 266 g/mol. The fourth-order valence-electron chi connectivity index (χ4n) is 2.46. The van der Waals surface area contributed by atoms with E-state index in [1.54, 1.807) is 12.1 Å². The zero-order valence-electron chi connectivity index (χ0n) is 11.5. The average Bonchev–Trinajstić information content (AvgIpc) is 2.41. The topological polar surface area (TPSA) is 38.5 Å². The summed E-state index contributed by atoms with van der Waals surface area (Å²) in [6, 6.07) is 6.52. The Hall–Kier alpha value is -1.13. The number of benzene rings is 1. The molecule has 2 atom stereocenters. The second-order valence-corrected chi connectivity index (χ2v) is 5.39. The zero-order valence-corrected chi connectivity index (χ0v) is 11.5. The lowest BCUT2D eigenvalue weighted by atomic mass is 9.95. The molecule has 2 N–H and O–H groups in total. The highest BCUT2D eigenvalue weighted by molar-refractivity contribution is 5.21. The van der Waals surface area contributed by atoms with Gasteiger partial charge in [-0.05, 0) is 49.6 Å². The molecule has 4 heteroatoms. The van der Waals surface area contributed by atoms with Crippen LogP contribution in [0.25, 0.3) is 0 Å². The first-order chi connectivity index (χ1) is 9.15. The maximum Gasteiger partial charge on any atom is 0.123 e. The van der Waals surface area contributed by atoms with Gasteiger partial charge in [-0.1, -0.05) is 6.92 Å². The van der Waals surface area contributed by atoms with E-state index in [0.717, 1.165) is 38.2 Å². The van der Waals surface area contributed by atoms with Gasteiger partial charge in [-0.3, -0.25) is 0 Å². The van der Waals surface area contributed by atoms with Gasteiger partial charge in [0.1, 0.15) is 11.6 Å². The standard InChI is InChI=1S/C15H23FN2O/c1-12-11-18(9-7-15(12)17)8-2-10-19-14-5-3-13(16)4-6-14/h3-6,12,15H,2,7-11,17H2,1H3. The van der Waals surface area contributed by atoms with Crippen LogP contribution in [-0.2, 0) is 0 Å². The van der Waals surface area contributed by atoms with E-state index in [0.29, 0.717) is 18.6 Å². The highest BCUT2D eigenvalue weighted by Gasteiger charge is 2.22. The number of hydrogen-bond acceptors (Lipinski definition) is 3. The van der Waals surface area contributed by atoms with Crippen LogP contribution in [0, 0.1) is 11.7 Å². The normalized spacial score (nSPS) is 24.4. The van der Waals surface area contributed by atoms with Crippen molar-refractivity contribution in [3.63, 3.8) is 0 Å². The van der Waals surface area contributed by atoms with Gasteiger partial charge in [0.05, 0.1) is 6.61 Å². The Labute approximate surface area is 114 Å². The lowest BCUT2D eigenvalue weighted by Gasteiger charge is -2.35. The molecule has 1 aliphatic rings. The summed E-state index contributed by atoms with van der Waals surface area (Å²) in [5, 5.41) is 0. The number of halogens is 1. The van der Waals surface area contributed by atoms with E-state index in [9.17, 15) is 4.39 Å². The summed E-state index contributed by atoms with van der Waals surface area (Å²) >= 11 is 0. The summed E-state index contributed by atoms with van der Waals surface area (Å²) in [6.45, 7) is 6.09. The number of nitrogens with two attached hydrogens (primary N) is 1. The Kier molecular flexibility index (Phi) is 5.16. The van der Waals surface area contributed by atoms with Gasteiger partial charge < -0.3 is 15.4 Å². The predicted molar refractivity (Wildman–Crippen MR) is 74.7 cm³/mol. The zero-order chi connectivity index (χ0) is 13.7. The Bertz CT molecular complexity index is 382. The Morgan fingerprint density at radius 2 is 2.11 bits per heavy atom. The molecule has 0 aliphatic carbocycles. The van der Waals surface area contributed by atoms with E-state index < -0.39 is 0 Å². The third-order valence-corrected chi connectivity index (χ3v) is 3.76. The van der Waals surface area contributed by atoms with Crippen molar-refractivity contribution in [3.05, 3.63) is 30.1 Å². The van der Waals surface area contributed by atoms with Crippen molar-refractivity contribution in [2.75, 3.05) is 26.2 Å². The molecule has 0 aromatic heterocycles. The molecule has 1 fully saturated rings. The molecule has 0 amide bonds. The predicted octanol–water partition coefficient (Wildman–Crippen LogP) is 2.26. The number of likely N-dealkylation sites (tertiary alicyclic amines) is 1. The third-order valence-electron chi connectivity index (χ3n) is 3.76. The Balaban J connectivity index is 1.63. The Morgan fingerprint density at radius 1 is 1.37 bits per heavy atom. The van der Waals surface area contributed by atoms with E-state index in [2.05, 4.69) is 11.8 Å². The maximum atomic E-state index is 12.7. The number of ether oxygens (including phenoxy) is 1. The highest BCUT2D eigenvalue weighted by Crippen LogP contribution is 2.15. The van der Waals surface area contributed by atoms with Crippen molar-refractivity contribution in [2.24, 2.45) is 11.7 Å². The van der Waals surface area contributed by atoms with E-state index >= 15 is 0 Å². The van der Waals surface area contributed by atoms with Gasteiger partial charge in [-0.25, -0.2) is 4.39 Å². The van der Waals surface area contributed by atoms with Gasteiger partial charge in [0.2, 0.25) is 0 Å². The number of hydrogen-bond donors (Lipinski definition) is 1. The third kappa shape index (κ3) is 4.48. The summed E-state index contributed by atoms with van der Waals surface area (Å²) in [7, 11) is 0. The quantitative estimate of drug-likeness (QED) is 0.831. The van der Waals surface area contributed by atoms with E-state index in [1.807, 2.05) is 0 Å². The molecule has 1 saturated heterocycles. The summed E-state index contributed by atoms with van der Waals surface area (Å²) in [4.78, 5) is 2.45. The lowest BCUT2D eigenvalue weighted by Crippen LogP contribution is -2.46. The summed E-state index contributed by atoms with van der Waals surface area (Å²) in [6.07, 6.45) is 2.07. The van der Waals surface area contributed by atoms with Crippen LogP contribution in [0.1, 0.15) is 19.8 Å². The van der Waals surface area contributed by atoms with Crippen LogP contribution in [0.15, 0.2) is 24.3 Å². The number of piperidine rings is 1. The second kappa shape index (κ2) is 6.87. The summed E-state index contributed by atoms with van der Waals surface area (Å²) in [5.41, 5.74) is 6.00. The van der Waals surface area contributed by atoms with Crippen LogP contribution in [-0.4, -0.2) is 37.2 Å². The van der Waals surface area contributed by atoms with Gasteiger partial charge in [0.25, 0.3) is 0 Å². The lowest BCUT2D eigenvalue weighted by molar-refractivity contribution is 0.154. The van der Waals surface area contributed by atoms with Crippen LogP contribution in [0.5, 0.6) is 5.75 Å². The minimum atomic E-state index is -0.231. The highest BCUT2D eigenvalue weighted by atomic mass is 19.1. The molecule has 2 unspecified atom stereocenters. The van der Waals surface area contributed by atoms with Crippen molar-refractivity contribution in [1.82, 2.24) is 4.90 Å². The molecule has 3 nitrogen and oxygen atoms in total. The van der Waals surface area contributed by atoms with Crippen molar-refractivity contribution in [1.29, 1.82) is 0 Å². The summed E-state index contributed by atoms with van der Waals surface area (Å²) in [5.74, 6) is 1.08. The van der Waals surface area contributed by atoms with E-state index in [4.69, 9.17) is 10.5 Å². The molecule has 1 heterocycles. The Morgan fingerprint density at radius 3 is 2.79 bits per heavy atom. The molecular formula is C15H23FN2O. The molecule has 1 aliphatic heterocycles. The van der Waals surface area contributed by atoms with Gasteiger partial charge in [-0.15, -0.1) is 0 Å².